The minimum absolute atomic E-state index is 0.199. The first kappa shape index (κ1) is 12.2. The minimum atomic E-state index is -3.28. The van der Waals surface area contributed by atoms with Crippen LogP contribution in [0.15, 0.2) is 29.2 Å². The Balaban J connectivity index is 3.01. The second-order valence-corrected chi connectivity index (χ2v) is 5.96. The fourth-order valence-electron chi connectivity index (χ4n) is 1.42. The molecular weight excluding hydrogens is 215 g/mol. The lowest BCUT2D eigenvalue weighted by Gasteiger charge is -2.11. The average molecular weight is 230 g/mol. The predicted octanol–water partition coefficient (Wildman–Crippen LogP) is 2.79. The van der Waals surface area contributed by atoms with Crippen molar-refractivity contribution in [1.29, 1.82) is 0 Å². The summed E-state index contributed by atoms with van der Waals surface area (Å²) in [6.45, 7) is 3.62. The molecule has 0 spiro atoms. The summed E-state index contributed by atoms with van der Waals surface area (Å²) in [6.07, 6.45) is 1.45. The smallest absolute Gasteiger partial charge is 0.180 e. The molecule has 0 aromatic heterocycles. The van der Waals surface area contributed by atoms with Gasteiger partial charge in [0.2, 0.25) is 0 Å². The summed E-state index contributed by atoms with van der Waals surface area (Å²) >= 11 is 0. The van der Waals surface area contributed by atoms with Crippen LogP contribution in [0.25, 0.3) is 0 Å². The summed E-state index contributed by atoms with van der Waals surface area (Å²) in [6, 6.07) is 4.98. The van der Waals surface area contributed by atoms with E-state index in [1.807, 2.05) is 6.92 Å². The van der Waals surface area contributed by atoms with Crippen molar-refractivity contribution in [3.05, 3.63) is 30.1 Å². The highest BCUT2D eigenvalue weighted by molar-refractivity contribution is 7.92. The molecule has 1 aromatic carbocycles. The molecule has 0 heterocycles. The van der Waals surface area contributed by atoms with Crippen LogP contribution in [0.1, 0.15) is 26.7 Å². The average Bonchev–Trinajstić information content (AvgIpc) is 2.18. The van der Waals surface area contributed by atoms with Crippen LogP contribution in [0.4, 0.5) is 4.39 Å². The van der Waals surface area contributed by atoms with E-state index in [0.29, 0.717) is 6.42 Å². The monoisotopic (exact) mass is 230 g/mol. The van der Waals surface area contributed by atoms with Crippen molar-refractivity contribution in [2.45, 2.75) is 36.8 Å². The molecular formula is C11H15FO2S. The van der Waals surface area contributed by atoms with Crippen LogP contribution in [-0.2, 0) is 9.84 Å². The molecule has 0 aliphatic heterocycles. The molecule has 0 radical (unpaired) electrons. The summed E-state index contributed by atoms with van der Waals surface area (Å²) in [4.78, 5) is 0.199. The fraction of sp³-hybridized carbons (Fsp3) is 0.455. The Hall–Kier alpha value is -0.900. The normalized spacial score (nSPS) is 13.8. The zero-order valence-corrected chi connectivity index (χ0v) is 9.72. The van der Waals surface area contributed by atoms with E-state index in [-0.39, 0.29) is 4.90 Å². The number of sulfone groups is 1. The summed E-state index contributed by atoms with van der Waals surface area (Å²) < 4.78 is 36.5. The first-order valence-electron chi connectivity index (χ1n) is 4.98. The highest BCUT2D eigenvalue weighted by Gasteiger charge is 2.22. The van der Waals surface area contributed by atoms with E-state index >= 15 is 0 Å². The third kappa shape index (κ3) is 2.78. The van der Waals surface area contributed by atoms with E-state index in [2.05, 4.69) is 0 Å². The van der Waals surface area contributed by atoms with Crippen molar-refractivity contribution in [2.24, 2.45) is 0 Å². The van der Waals surface area contributed by atoms with Crippen LogP contribution >= 0.6 is 0 Å². The molecule has 0 bridgehead atoms. The summed E-state index contributed by atoms with van der Waals surface area (Å²) in [5.74, 6) is -0.419. The minimum Gasteiger partial charge on any atom is -0.223 e. The molecule has 0 aliphatic rings. The molecule has 1 atom stereocenters. The van der Waals surface area contributed by atoms with E-state index < -0.39 is 20.9 Å². The highest BCUT2D eigenvalue weighted by Crippen LogP contribution is 2.19. The van der Waals surface area contributed by atoms with Gasteiger partial charge in [0.15, 0.2) is 9.84 Å². The Kier molecular flexibility index (Phi) is 3.85. The van der Waals surface area contributed by atoms with Gasteiger partial charge < -0.3 is 0 Å². The van der Waals surface area contributed by atoms with Gasteiger partial charge in [0.05, 0.1) is 10.1 Å². The lowest BCUT2D eigenvalue weighted by Crippen LogP contribution is -2.17. The second-order valence-electron chi connectivity index (χ2n) is 3.60. The molecule has 1 aromatic rings. The molecule has 4 heteroatoms. The SMILES string of the molecule is CCCC(C)S(=O)(=O)c1ccc(F)cc1. The van der Waals surface area contributed by atoms with Gasteiger partial charge in [0, 0.05) is 0 Å². The lowest BCUT2D eigenvalue weighted by molar-refractivity contribution is 0.575. The predicted molar refractivity (Wildman–Crippen MR) is 58.0 cm³/mol. The third-order valence-electron chi connectivity index (χ3n) is 2.37. The molecule has 0 N–H and O–H groups in total. The molecule has 0 saturated heterocycles. The molecule has 15 heavy (non-hydrogen) atoms. The van der Waals surface area contributed by atoms with Crippen LogP contribution < -0.4 is 0 Å². The Labute approximate surface area is 90.0 Å². The van der Waals surface area contributed by atoms with Crippen molar-refractivity contribution < 1.29 is 12.8 Å². The summed E-state index contributed by atoms with van der Waals surface area (Å²) in [5.41, 5.74) is 0. The highest BCUT2D eigenvalue weighted by atomic mass is 32.2. The van der Waals surface area contributed by atoms with Crippen LogP contribution in [-0.4, -0.2) is 13.7 Å². The van der Waals surface area contributed by atoms with Crippen molar-refractivity contribution in [1.82, 2.24) is 0 Å². The largest absolute Gasteiger partial charge is 0.223 e. The second kappa shape index (κ2) is 4.75. The molecule has 0 saturated carbocycles. The molecule has 84 valence electrons. The zero-order chi connectivity index (χ0) is 11.5. The Morgan fingerprint density at radius 1 is 1.27 bits per heavy atom. The maximum atomic E-state index is 12.6. The standard InChI is InChI=1S/C11H15FO2S/c1-3-4-9(2)15(13,14)11-7-5-10(12)6-8-11/h5-9H,3-4H2,1-2H3. The quantitative estimate of drug-likeness (QED) is 0.745. The Morgan fingerprint density at radius 2 is 1.80 bits per heavy atom. The van der Waals surface area contributed by atoms with Gasteiger partial charge in [-0.25, -0.2) is 12.8 Å². The van der Waals surface area contributed by atoms with Crippen molar-refractivity contribution in [3.63, 3.8) is 0 Å². The maximum absolute atomic E-state index is 12.6. The van der Waals surface area contributed by atoms with Crippen LogP contribution in [0.2, 0.25) is 0 Å². The molecule has 1 unspecified atom stereocenters. The first-order chi connectivity index (χ1) is 6.98. The number of rotatable bonds is 4. The molecule has 0 aliphatic carbocycles. The fourth-order valence-corrected chi connectivity index (χ4v) is 2.94. The van der Waals surface area contributed by atoms with Gasteiger partial charge in [-0.05, 0) is 37.6 Å². The van der Waals surface area contributed by atoms with Crippen LogP contribution in [0, 0.1) is 5.82 Å². The van der Waals surface area contributed by atoms with Gasteiger partial charge >= 0.3 is 0 Å². The van der Waals surface area contributed by atoms with E-state index in [4.69, 9.17) is 0 Å². The summed E-state index contributed by atoms with van der Waals surface area (Å²) in [7, 11) is -3.28. The third-order valence-corrected chi connectivity index (χ3v) is 4.59. The Bertz CT molecular complexity index is 409. The van der Waals surface area contributed by atoms with Gasteiger partial charge in [0.25, 0.3) is 0 Å². The molecule has 0 fully saturated rings. The van der Waals surface area contributed by atoms with Crippen molar-refractivity contribution in [3.8, 4) is 0 Å². The first-order valence-corrected chi connectivity index (χ1v) is 6.52. The topological polar surface area (TPSA) is 34.1 Å². The van der Waals surface area contributed by atoms with Gasteiger partial charge in [0.1, 0.15) is 5.82 Å². The van der Waals surface area contributed by atoms with Gasteiger partial charge in [-0.3, -0.25) is 0 Å². The molecule has 2 nitrogen and oxygen atoms in total. The molecule has 0 amide bonds. The number of hydrogen-bond donors (Lipinski definition) is 0. The Morgan fingerprint density at radius 3 is 2.27 bits per heavy atom. The zero-order valence-electron chi connectivity index (χ0n) is 8.90. The van der Waals surface area contributed by atoms with Crippen molar-refractivity contribution >= 4 is 9.84 Å². The van der Waals surface area contributed by atoms with Crippen LogP contribution in [0.5, 0.6) is 0 Å². The van der Waals surface area contributed by atoms with Gasteiger partial charge in [-0.15, -0.1) is 0 Å². The molecule has 1 rings (SSSR count). The van der Waals surface area contributed by atoms with Gasteiger partial charge in [-0.1, -0.05) is 13.3 Å². The van der Waals surface area contributed by atoms with E-state index in [1.54, 1.807) is 6.92 Å². The van der Waals surface area contributed by atoms with E-state index in [0.717, 1.165) is 6.42 Å². The van der Waals surface area contributed by atoms with Crippen LogP contribution in [0.3, 0.4) is 0 Å². The van der Waals surface area contributed by atoms with E-state index in [9.17, 15) is 12.8 Å². The number of benzene rings is 1. The summed E-state index contributed by atoms with van der Waals surface area (Å²) in [5, 5.41) is -0.409. The number of hydrogen-bond acceptors (Lipinski definition) is 2. The lowest BCUT2D eigenvalue weighted by atomic mass is 10.3. The van der Waals surface area contributed by atoms with Crippen molar-refractivity contribution in [2.75, 3.05) is 0 Å². The van der Waals surface area contributed by atoms with E-state index in [1.165, 1.54) is 24.3 Å². The van der Waals surface area contributed by atoms with Gasteiger partial charge in [-0.2, -0.15) is 0 Å². The number of halogens is 1. The maximum Gasteiger partial charge on any atom is 0.180 e.